The summed E-state index contributed by atoms with van der Waals surface area (Å²) < 4.78 is 13.3. The molecule has 0 aromatic heterocycles. The van der Waals surface area contributed by atoms with E-state index >= 15 is 0 Å². The van der Waals surface area contributed by atoms with Crippen LogP contribution >= 0.6 is 0 Å². The van der Waals surface area contributed by atoms with Crippen LogP contribution in [0.4, 0.5) is 10.1 Å². The van der Waals surface area contributed by atoms with Gasteiger partial charge in [-0.2, -0.15) is 0 Å². The highest BCUT2D eigenvalue weighted by Crippen LogP contribution is 2.28. The lowest BCUT2D eigenvalue weighted by Gasteiger charge is -2.14. The first-order valence-corrected chi connectivity index (χ1v) is 5.38. The monoisotopic (exact) mass is 231 g/mol. The second-order valence-corrected chi connectivity index (χ2v) is 4.06. The molecule has 0 saturated heterocycles. The molecule has 0 aliphatic carbocycles. The van der Waals surface area contributed by atoms with Gasteiger partial charge in [-0.3, -0.25) is 0 Å². The van der Waals surface area contributed by atoms with E-state index in [9.17, 15) is 9.50 Å². The summed E-state index contributed by atoms with van der Waals surface area (Å²) >= 11 is 0. The maximum absolute atomic E-state index is 13.3. The molecule has 2 aromatic rings. The number of benzene rings is 2. The minimum absolute atomic E-state index is 0.00139. The lowest BCUT2D eigenvalue weighted by molar-refractivity contribution is 0.220. The maximum Gasteiger partial charge on any atom is 0.146 e. The summed E-state index contributed by atoms with van der Waals surface area (Å²) in [4.78, 5) is 0. The van der Waals surface area contributed by atoms with E-state index in [1.54, 1.807) is 18.2 Å². The number of halogens is 1. The number of aliphatic hydroxyl groups is 1. The largest absolute Gasteiger partial charge is 0.396 e. The van der Waals surface area contributed by atoms with Gasteiger partial charge in [-0.25, -0.2) is 4.39 Å². The molecule has 3 N–H and O–H groups in total. The van der Waals surface area contributed by atoms with Gasteiger partial charge in [0.05, 0.1) is 5.69 Å². The van der Waals surface area contributed by atoms with Crippen molar-refractivity contribution in [3.63, 3.8) is 0 Å². The Hall–Kier alpha value is -1.87. The molecule has 88 valence electrons. The number of aryl methyl sites for hydroxylation is 1. The van der Waals surface area contributed by atoms with Gasteiger partial charge in [0.15, 0.2) is 0 Å². The van der Waals surface area contributed by atoms with Crippen LogP contribution in [-0.4, -0.2) is 5.11 Å². The molecule has 0 spiro atoms. The number of rotatable bonds is 2. The lowest BCUT2D eigenvalue weighted by atomic mass is 9.98. The molecule has 0 fully saturated rings. The first-order valence-electron chi connectivity index (χ1n) is 5.38. The van der Waals surface area contributed by atoms with E-state index in [2.05, 4.69) is 0 Å². The Morgan fingerprint density at radius 3 is 2.59 bits per heavy atom. The summed E-state index contributed by atoms with van der Waals surface area (Å²) in [5.74, 6) is -0.505. The van der Waals surface area contributed by atoms with Crippen LogP contribution in [0.25, 0.3) is 0 Å². The van der Waals surface area contributed by atoms with Gasteiger partial charge < -0.3 is 10.8 Å². The number of anilines is 1. The summed E-state index contributed by atoms with van der Waals surface area (Å²) in [6.07, 6.45) is -0.898. The predicted octanol–water partition coefficient (Wildman–Crippen LogP) is 2.80. The van der Waals surface area contributed by atoms with Crippen LogP contribution in [0, 0.1) is 12.7 Å². The normalized spacial score (nSPS) is 12.4. The molecule has 1 unspecified atom stereocenters. The van der Waals surface area contributed by atoms with Crippen molar-refractivity contribution in [2.45, 2.75) is 13.0 Å². The Morgan fingerprint density at radius 1 is 1.18 bits per heavy atom. The topological polar surface area (TPSA) is 46.2 Å². The van der Waals surface area contributed by atoms with Crippen molar-refractivity contribution in [2.75, 3.05) is 5.73 Å². The fourth-order valence-corrected chi connectivity index (χ4v) is 1.81. The smallest absolute Gasteiger partial charge is 0.146 e. The number of aliphatic hydroxyl groups excluding tert-OH is 1. The minimum atomic E-state index is -0.898. The number of para-hydroxylation sites is 1. The third-order valence-electron chi connectivity index (χ3n) is 2.74. The van der Waals surface area contributed by atoms with Gasteiger partial charge in [-0.05, 0) is 18.6 Å². The van der Waals surface area contributed by atoms with E-state index < -0.39 is 11.9 Å². The standard InChI is InChI=1S/C14H14FNO/c1-9-4-2-5-10(8-9)14(17)11-6-3-7-12(15)13(11)16/h2-8,14,17H,16H2,1H3. The van der Waals surface area contributed by atoms with Crippen molar-refractivity contribution < 1.29 is 9.50 Å². The van der Waals surface area contributed by atoms with Crippen LogP contribution < -0.4 is 5.73 Å². The molecule has 0 saturated carbocycles. The van der Waals surface area contributed by atoms with Crippen LogP contribution in [0.2, 0.25) is 0 Å². The molecule has 2 aromatic carbocycles. The van der Waals surface area contributed by atoms with E-state index in [-0.39, 0.29) is 5.69 Å². The van der Waals surface area contributed by atoms with E-state index in [0.29, 0.717) is 11.1 Å². The summed E-state index contributed by atoms with van der Waals surface area (Å²) in [6, 6.07) is 11.9. The number of hydrogen-bond acceptors (Lipinski definition) is 2. The first kappa shape index (κ1) is 11.6. The highest BCUT2D eigenvalue weighted by atomic mass is 19.1. The third kappa shape index (κ3) is 2.29. The summed E-state index contributed by atoms with van der Waals surface area (Å²) in [6.45, 7) is 1.94. The van der Waals surface area contributed by atoms with Crippen molar-refractivity contribution in [1.29, 1.82) is 0 Å². The highest BCUT2D eigenvalue weighted by molar-refractivity contribution is 5.51. The Labute approximate surface area is 99.5 Å². The summed E-state index contributed by atoms with van der Waals surface area (Å²) in [7, 11) is 0. The Kier molecular flexibility index (Phi) is 3.11. The Balaban J connectivity index is 2.44. The average Bonchev–Trinajstić information content (AvgIpc) is 2.32. The van der Waals surface area contributed by atoms with Gasteiger partial charge in [0.25, 0.3) is 0 Å². The van der Waals surface area contributed by atoms with Crippen LogP contribution in [0.15, 0.2) is 42.5 Å². The molecule has 0 aliphatic rings. The molecule has 2 nitrogen and oxygen atoms in total. The maximum atomic E-state index is 13.3. The minimum Gasteiger partial charge on any atom is -0.396 e. The molecule has 0 amide bonds. The molecular weight excluding hydrogens is 217 g/mol. The number of hydrogen-bond donors (Lipinski definition) is 2. The van der Waals surface area contributed by atoms with Crippen LogP contribution in [0.1, 0.15) is 22.8 Å². The molecule has 0 heterocycles. The Morgan fingerprint density at radius 2 is 1.88 bits per heavy atom. The zero-order valence-electron chi connectivity index (χ0n) is 9.52. The quantitative estimate of drug-likeness (QED) is 0.781. The lowest BCUT2D eigenvalue weighted by Crippen LogP contribution is -2.05. The van der Waals surface area contributed by atoms with Crippen molar-refractivity contribution in [3.8, 4) is 0 Å². The van der Waals surface area contributed by atoms with Crippen LogP contribution in [0.5, 0.6) is 0 Å². The van der Waals surface area contributed by atoms with Gasteiger partial charge in [0.1, 0.15) is 11.9 Å². The summed E-state index contributed by atoms with van der Waals surface area (Å²) in [5, 5.41) is 10.2. The first-order chi connectivity index (χ1) is 8.09. The number of nitrogen functional groups attached to an aromatic ring is 1. The molecule has 1 atom stereocenters. The third-order valence-corrected chi connectivity index (χ3v) is 2.74. The second-order valence-electron chi connectivity index (χ2n) is 4.06. The highest BCUT2D eigenvalue weighted by Gasteiger charge is 2.15. The predicted molar refractivity (Wildman–Crippen MR) is 66.1 cm³/mol. The van der Waals surface area contributed by atoms with Crippen molar-refractivity contribution in [3.05, 3.63) is 65.0 Å². The van der Waals surface area contributed by atoms with Crippen LogP contribution in [-0.2, 0) is 0 Å². The average molecular weight is 231 g/mol. The van der Waals surface area contributed by atoms with Gasteiger partial charge in [-0.1, -0.05) is 42.0 Å². The fourth-order valence-electron chi connectivity index (χ4n) is 1.81. The van der Waals surface area contributed by atoms with E-state index in [0.717, 1.165) is 5.56 Å². The molecule has 17 heavy (non-hydrogen) atoms. The molecule has 0 radical (unpaired) electrons. The zero-order valence-corrected chi connectivity index (χ0v) is 9.52. The van der Waals surface area contributed by atoms with Crippen LogP contribution in [0.3, 0.4) is 0 Å². The van der Waals surface area contributed by atoms with E-state index in [1.807, 2.05) is 25.1 Å². The van der Waals surface area contributed by atoms with Crippen molar-refractivity contribution >= 4 is 5.69 Å². The molecule has 0 bridgehead atoms. The van der Waals surface area contributed by atoms with Gasteiger partial charge in [0.2, 0.25) is 0 Å². The van der Waals surface area contributed by atoms with Gasteiger partial charge in [0, 0.05) is 5.56 Å². The SMILES string of the molecule is Cc1cccc(C(O)c2cccc(F)c2N)c1. The molecule has 3 heteroatoms. The summed E-state index contributed by atoms with van der Waals surface area (Å²) in [5.41, 5.74) is 7.77. The molecule has 2 rings (SSSR count). The fraction of sp³-hybridized carbons (Fsp3) is 0.143. The Bertz CT molecular complexity index is 539. The molecular formula is C14H14FNO. The van der Waals surface area contributed by atoms with Gasteiger partial charge >= 0.3 is 0 Å². The number of nitrogens with two attached hydrogens (primary N) is 1. The zero-order chi connectivity index (χ0) is 12.4. The molecule has 0 aliphatic heterocycles. The van der Waals surface area contributed by atoms with Crippen molar-refractivity contribution in [2.24, 2.45) is 0 Å². The van der Waals surface area contributed by atoms with E-state index in [1.165, 1.54) is 6.07 Å². The van der Waals surface area contributed by atoms with Crippen molar-refractivity contribution in [1.82, 2.24) is 0 Å². The second kappa shape index (κ2) is 4.55. The van der Waals surface area contributed by atoms with Gasteiger partial charge in [-0.15, -0.1) is 0 Å². The van der Waals surface area contributed by atoms with E-state index in [4.69, 9.17) is 5.73 Å².